The van der Waals surface area contributed by atoms with Crippen LogP contribution in [-0.4, -0.2) is 25.7 Å². The molecule has 0 aliphatic carbocycles. The summed E-state index contributed by atoms with van der Waals surface area (Å²) >= 11 is 0. The number of hydrogen-bond acceptors (Lipinski definition) is 4. The van der Waals surface area contributed by atoms with Crippen LogP contribution >= 0.6 is 0 Å². The first-order valence-corrected chi connectivity index (χ1v) is 8.15. The van der Waals surface area contributed by atoms with Crippen LogP contribution in [0.25, 0.3) is 0 Å². The fraction of sp³-hybridized carbons (Fsp3) is 0.588. The van der Waals surface area contributed by atoms with Crippen LogP contribution in [0.3, 0.4) is 0 Å². The van der Waals surface area contributed by atoms with Crippen LogP contribution in [-0.2, 0) is 11.3 Å². The molecule has 1 aromatic carbocycles. The third kappa shape index (κ3) is 5.56. The van der Waals surface area contributed by atoms with Gasteiger partial charge in [0.05, 0.1) is 13.2 Å². The molecule has 0 spiro atoms. The number of benzene rings is 1. The monoisotopic (exact) mass is 306 g/mol. The van der Waals surface area contributed by atoms with E-state index in [4.69, 9.17) is 15.2 Å². The summed E-state index contributed by atoms with van der Waals surface area (Å²) in [5, 5.41) is 2.95. The maximum Gasteiger partial charge on any atom is 0.220 e. The van der Waals surface area contributed by atoms with E-state index in [1.165, 1.54) is 0 Å². The summed E-state index contributed by atoms with van der Waals surface area (Å²) in [5.74, 6) is 1.65. The number of carbonyl (C=O) groups excluding carboxylic acids is 1. The average molecular weight is 306 g/mol. The number of amides is 1. The molecule has 22 heavy (non-hydrogen) atoms. The Bertz CT molecular complexity index is 477. The first-order valence-electron chi connectivity index (χ1n) is 8.15. The van der Waals surface area contributed by atoms with E-state index >= 15 is 0 Å². The van der Waals surface area contributed by atoms with Crippen LogP contribution in [0, 0.1) is 0 Å². The maximum atomic E-state index is 11.8. The topological polar surface area (TPSA) is 73.6 Å². The van der Waals surface area contributed by atoms with Gasteiger partial charge in [0.2, 0.25) is 5.91 Å². The van der Waals surface area contributed by atoms with Gasteiger partial charge in [-0.25, -0.2) is 0 Å². The van der Waals surface area contributed by atoms with Crippen molar-refractivity contribution in [1.82, 2.24) is 5.32 Å². The van der Waals surface area contributed by atoms with Crippen LogP contribution in [0.2, 0.25) is 0 Å². The highest BCUT2D eigenvalue weighted by Gasteiger charge is 2.11. The van der Waals surface area contributed by atoms with E-state index in [2.05, 4.69) is 5.32 Å². The molecule has 0 saturated carbocycles. The zero-order chi connectivity index (χ0) is 15.6. The predicted octanol–water partition coefficient (Wildman–Crippen LogP) is 2.37. The summed E-state index contributed by atoms with van der Waals surface area (Å²) in [4.78, 5) is 11.8. The molecule has 1 aliphatic heterocycles. The largest absolute Gasteiger partial charge is 0.490 e. The summed E-state index contributed by atoms with van der Waals surface area (Å²) in [6.07, 6.45) is 5.60. The molecule has 122 valence electrons. The molecule has 5 nitrogen and oxygen atoms in total. The normalized spacial score (nSPS) is 13.5. The van der Waals surface area contributed by atoms with Gasteiger partial charge >= 0.3 is 0 Å². The Morgan fingerprint density at radius 1 is 1.09 bits per heavy atom. The molecular formula is C17H26N2O3. The van der Waals surface area contributed by atoms with Gasteiger partial charge in [0.25, 0.3) is 0 Å². The highest BCUT2D eigenvalue weighted by molar-refractivity contribution is 5.75. The summed E-state index contributed by atoms with van der Waals surface area (Å²) < 4.78 is 11.2. The minimum Gasteiger partial charge on any atom is -0.490 e. The smallest absolute Gasteiger partial charge is 0.220 e. The number of carbonyl (C=O) groups is 1. The zero-order valence-electron chi connectivity index (χ0n) is 13.1. The van der Waals surface area contributed by atoms with E-state index in [1.54, 1.807) is 0 Å². The molecule has 0 atom stereocenters. The van der Waals surface area contributed by atoms with E-state index in [0.717, 1.165) is 55.7 Å². The Morgan fingerprint density at radius 3 is 2.68 bits per heavy atom. The molecule has 2 rings (SSSR count). The van der Waals surface area contributed by atoms with Crippen molar-refractivity contribution in [1.29, 1.82) is 0 Å². The van der Waals surface area contributed by atoms with Crippen LogP contribution in [0.1, 0.15) is 44.1 Å². The second-order valence-corrected chi connectivity index (χ2v) is 5.56. The van der Waals surface area contributed by atoms with Crippen LogP contribution in [0.15, 0.2) is 18.2 Å². The Hall–Kier alpha value is -1.75. The number of hydrogen-bond donors (Lipinski definition) is 2. The quantitative estimate of drug-likeness (QED) is 0.723. The Labute approximate surface area is 132 Å². The van der Waals surface area contributed by atoms with Crippen molar-refractivity contribution in [3.63, 3.8) is 0 Å². The van der Waals surface area contributed by atoms with Crippen LogP contribution < -0.4 is 20.5 Å². The van der Waals surface area contributed by atoms with Crippen LogP contribution in [0.5, 0.6) is 11.5 Å². The molecule has 0 fully saturated rings. The number of ether oxygens (including phenoxy) is 2. The molecule has 0 unspecified atom stereocenters. The predicted molar refractivity (Wildman–Crippen MR) is 86.0 cm³/mol. The zero-order valence-corrected chi connectivity index (χ0v) is 13.1. The Balaban J connectivity index is 1.72. The number of nitrogens with two attached hydrogens (primary N) is 1. The van der Waals surface area contributed by atoms with Gasteiger partial charge in [-0.2, -0.15) is 0 Å². The fourth-order valence-corrected chi connectivity index (χ4v) is 2.39. The Morgan fingerprint density at radius 2 is 1.86 bits per heavy atom. The molecule has 0 radical (unpaired) electrons. The van der Waals surface area contributed by atoms with Crippen molar-refractivity contribution in [3.8, 4) is 11.5 Å². The van der Waals surface area contributed by atoms with Crippen molar-refractivity contribution >= 4 is 5.91 Å². The highest BCUT2D eigenvalue weighted by atomic mass is 16.5. The van der Waals surface area contributed by atoms with E-state index in [1.807, 2.05) is 18.2 Å². The van der Waals surface area contributed by atoms with Gasteiger partial charge in [0, 0.05) is 19.4 Å². The minimum atomic E-state index is 0.0971. The lowest BCUT2D eigenvalue weighted by atomic mass is 10.1. The number of fused-ring (bicyclic) bond motifs is 1. The van der Waals surface area contributed by atoms with Gasteiger partial charge in [-0.15, -0.1) is 0 Å². The lowest BCUT2D eigenvalue weighted by molar-refractivity contribution is -0.121. The van der Waals surface area contributed by atoms with Gasteiger partial charge < -0.3 is 20.5 Å². The molecule has 1 aromatic rings. The molecule has 3 N–H and O–H groups in total. The van der Waals surface area contributed by atoms with Crippen molar-refractivity contribution in [2.75, 3.05) is 19.8 Å². The molecule has 1 amide bonds. The first kappa shape index (κ1) is 16.6. The summed E-state index contributed by atoms with van der Waals surface area (Å²) in [5.41, 5.74) is 6.47. The molecule has 1 heterocycles. The average Bonchev–Trinajstić information content (AvgIpc) is 2.77. The molecule has 5 heteroatoms. The standard InChI is InChI=1S/C17H26N2O3/c18-9-4-2-1-3-6-17(20)19-13-14-7-8-15-16(12-14)22-11-5-10-21-15/h7-8,12H,1-6,9-11,13,18H2,(H,19,20). The lowest BCUT2D eigenvalue weighted by Crippen LogP contribution is -2.22. The highest BCUT2D eigenvalue weighted by Crippen LogP contribution is 2.30. The number of rotatable bonds is 8. The van der Waals surface area contributed by atoms with Gasteiger partial charge in [-0.05, 0) is 37.1 Å². The molecule has 0 saturated heterocycles. The summed E-state index contributed by atoms with van der Waals surface area (Å²) in [6.45, 7) is 2.62. The van der Waals surface area contributed by atoms with Gasteiger partial charge in [0.1, 0.15) is 0 Å². The van der Waals surface area contributed by atoms with Crippen molar-refractivity contribution < 1.29 is 14.3 Å². The second-order valence-electron chi connectivity index (χ2n) is 5.56. The van der Waals surface area contributed by atoms with Crippen molar-refractivity contribution in [2.24, 2.45) is 5.73 Å². The third-order valence-corrected chi connectivity index (χ3v) is 3.66. The summed E-state index contributed by atoms with van der Waals surface area (Å²) in [6, 6.07) is 5.83. The molecule has 1 aliphatic rings. The van der Waals surface area contributed by atoms with Gasteiger partial charge in [0.15, 0.2) is 11.5 Å². The van der Waals surface area contributed by atoms with E-state index in [-0.39, 0.29) is 5.91 Å². The third-order valence-electron chi connectivity index (χ3n) is 3.66. The number of unbranched alkanes of at least 4 members (excludes halogenated alkanes) is 3. The fourth-order valence-electron chi connectivity index (χ4n) is 2.39. The minimum absolute atomic E-state index is 0.0971. The first-order chi connectivity index (χ1) is 10.8. The van der Waals surface area contributed by atoms with Gasteiger partial charge in [-0.1, -0.05) is 18.9 Å². The Kier molecular flexibility index (Phi) is 7.03. The molecule has 0 bridgehead atoms. The SMILES string of the molecule is NCCCCCCC(=O)NCc1ccc2c(c1)OCCCO2. The van der Waals surface area contributed by atoms with Crippen molar-refractivity contribution in [2.45, 2.75) is 45.1 Å². The van der Waals surface area contributed by atoms with Crippen molar-refractivity contribution in [3.05, 3.63) is 23.8 Å². The van der Waals surface area contributed by atoms with E-state index < -0.39 is 0 Å². The van der Waals surface area contributed by atoms with Gasteiger partial charge in [-0.3, -0.25) is 4.79 Å². The second kappa shape index (κ2) is 9.30. The number of nitrogens with one attached hydrogen (secondary N) is 1. The molecule has 0 aromatic heterocycles. The van der Waals surface area contributed by atoms with E-state index in [0.29, 0.717) is 26.2 Å². The van der Waals surface area contributed by atoms with E-state index in [9.17, 15) is 4.79 Å². The maximum absolute atomic E-state index is 11.8. The van der Waals surface area contributed by atoms with Crippen LogP contribution in [0.4, 0.5) is 0 Å². The summed E-state index contributed by atoms with van der Waals surface area (Å²) in [7, 11) is 0. The lowest BCUT2D eigenvalue weighted by Gasteiger charge is -2.10. The molecular weight excluding hydrogens is 280 g/mol.